The second-order valence-corrected chi connectivity index (χ2v) is 6.48. The van der Waals surface area contributed by atoms with Crippen molar-refractivity contribution in [1.82, 2.24) is 0 Å². The van der Waals surface area contributed by atoms with Gasteiger partial charge in [0.1, 0.15) is 5.04 Å². The lowest BCUT2D eigenvalue weighted by atomic mass is 10.2. The lowest BCUT2D eigenvalue weighted by Crippen LogP contribution is -2.04. The molecule has 0 bridgehead atoms. The maximum atomic E-state index is 10.7. The summed E-state index contributed by atoms with van der Waals surface area (Å²) in [7, 11) is -4.60. The third-order valence-corrected chi connectivity index (χ3v) is 3.97. The summed E-state index contributed by atoms with van der Waals surface area (Å²) >= 11 is 1.36. The highest BCUT2D eigenvalue weighted by Gasteiger charge is 2.08. The van der Waals surface area contributed by atoms with Crippen LogP contribution >= 0.6 is 11.8 Å². The van der Waals surface area contributed by atoms with Gasteiger partial charge in [0.25, 0.3) is 0 Å². The molecule has 0 amide bonds. The Balaban J connectivity index is 2.07. The lowest BCUT2D eigenvalue weighted by Gasteiger charge is -2.06. The van der Waals surface area contributed by atoms with Gasteiger partial charge < -0.3 is 0 Å². The fourth-order valence-electron chi connectivity index (χ4n) is 1.71. The molecule has 0 saturated carbocycles. The standard InChI is InChI=1S/C15H15NO4S2/c17-22(18,19)20-16-15(11-13-7-3-1-4-8-13)21-12-14-9-5-2-6-10-14/h1-10H,11-12H2,(H,17,18,19)/b16-15-. The Bertz CT molecular complexity index is 716. The number of benzene rings is 2. The molecule has 0 aliphatic heterocycles. The highest BCUT2D eigenvalue weighted by atomic mass is 32.3. The molecular weight excluding hydrogens is 322 g/mol. The van der Waals surface area contributed by atoms with Crippen molar-refractivity contribution < 1.29 is 17.3 Å². The van der Waals surface area contributed by atoms with E-state index in [1.165, 1.54) is 11.8 Å². The van der Waals surface area contributed by atoms with Crippen molar-refractivity contribution in [2.75, 3.05) is 0 Å². The van der Waals surface area contributed by atoms with Crippen molar-refractivity contribution in [3.63, 3.8) is 0 Å². The van der Waals surface area contributed by atoms with E-state index in [1.54, 1.807) is 0 Å². The number of oxime groups is 1. The Morgan fingerprint density at radius 1 is 1.00 bits per heavy atom. The van der Waals surface area contributed by atoms with Crippen LogP contribution in [0, 0.1) is 0 Å². The van der Waals surface area contributed by atoms with Crippen LogP contribution in [-0.4, -0.2) is 18.0 Å². The molecule has 7 heteroatoms. The zero-order chi connectivity index (χ0) is 15.8. The first-order chi connectivity index (χ1) is 10.5. The Morgan fingerprint density at radius 2 is 1.55 bits per heavy atom. The number of rotatable bonds is 6. The molecule has 2 aromatic rings. The van der Waals surface area contributed by atoms with Crippen molar-refractivity contribution in [2.45, 2.75) is 12.2 Å². The van der Waals surface area contributed by atoms with Crippen LogP contribution in [0.4, 0.5) is 0 Å². The van der Waals surface area contributed by atoms with Crippen molar-refractivity contribution in [3.05, 3.63) is 71.8 Å². The minimum atomic E-state index is -4.60. The molecule has 2 aromatic carbocycles. The molecule has 116 valence electrons. The topological polar surface area (TPSA) is 76.0 Å². The van der Waals surface area contributed by atoms with E-state index in [0.29, 0.717) is 17.2 Å². The average molecular weight is 337 g/mol. The minimum Gasteiger partial charge on any atom is -0.253 e. The molecule has 0 radical (unpaired) electrons. The Hall–Kier alpha value is -1.83. The highest BCUT2D eigenvalue weighted by Crippen LogP contribution is 2.17. The SMILES string of the molecule is O=S(=O)(O)O/N=C(/Cc1ccccc1)SCc1ccccc1. The zero-order valence-corrected chi connectivity index (χ0v) is 13.3. The monoisotopic (exact) mass is 337 g/mol. The summed E-state index contributed by atoms with van der Waals surface area (Å²) in [6.45, 7) is 0. The lowest BCUT2D eigenvalue weighted by molar-refractivity contribution is 0.283. The second kappa shape index (κ2) is 7.98. The maximum Gasteiger partial charge on any atom is 0.466 e. The minimum absolute atomic E-state index is 0.424. The van der Waals surface area contributed by atoms with Crippen molar-refractivity contribution in [2.24, 2.45) is 5.16 Å². The molecule has 0 aliphatic rings. The summed E-state index contributed by atoms with van der Waals surface area (Å²) < 4.78 is 34.2. The Kier molecular flexibility index (Phi) is 6.00. The fourth-order valence-corrected chi connectivity index (χ4v) is 2.83. The van der Waals surface area contributed by atoms with Crippen molar-refractivity contribution >= 4 is 27.2 Å². The van der Waals surface area contributed by atoms with Gasteiger partial charge in [0.05, 0.1) is 0 Å². The van der Waals surface area contributed by atoms with Gasteiger partial charge in [0.2, 0.25) is 0 Å². The van der Waals surface area contributed by atoms with E-state index < -0.39 is 10.4 Å². The van der Waals surface area contributed by atoms with Gasteiger partial charge in [-0.05, 0) is 11.1 Å². The van der Waals surface area contributed by atoms with Crippen molar-refractivity contribution in [3.8, 4) is 0 Å². The molecular formula is C15H15NO4S2. The molecule has 0 aliphatic carbocycles. The first-order valence-corrected chi connectivity index (χ1v) is 8.81. The van der Waals surface area contributed by atoms with Crippen LogP contribution in [0.15, 0.2) is 65.8 Å². The van der Waals surface area contributed by atoms with Gasteiger partial charge >= 0.3 is 10.4 Å². The first kappa shape index (κ1) is 16.5. The number of nitrogens with zero attached hydrogens (tertiary/aromatic N) is 1. The summed E-state index contributed by atoms with van der Waals surface area (Å²) in [4.78, 5) is 0. The predicted molar refractivity (Wildman–Crippen MR) is 88.0 cm³/mol. The number of hydrogen-bond donors (Lipinski definition) is 1. The second-order valence-electron chi connectivity index (χ2n) is 4.42. The van der Waals surface area contributed by atoms with E-state index in [4.69, 9.17) is 4.55 Å². The summed E-state index contributed by atoms with van der Waals surface area (Å²) in [5.74, 6) is 0.626. The summed E-state index contributed by atoms with van der Waals surface area (Å²) in [5.41, 5.74) is 2.06. The summed E-state index contributed by atoms with van der Waals surface area (Å²) in [6.07, 6.45) is 0.424. The molecule has 1 N–H and O–H groups in total. The molecule has 0 aromatic heterocycles. The molecule has 0 fully saturated rings. The van der Waals surface area contributed by atoms with Crippen LogP contribution in [-0.2, 0) is 26.9 Å². The number of hydrogen-bond acceptors (Lipinski definition) is 5. The van der Waals surface area contributed by atoms with E-state index in [9.17, 15) is 8.42 Å². The number of thioether (sulfide) groups is 1. The Labute approximate surface area is 134 Å². The molecule has 0 atom stereocenters. The summed E-state index contributed by atoms with van der Waals surface area (Å²) in [6, 6.07) is 19.2. The van der Waals surface area contributed by atoms with Crippen LogP contribution in [0.5, 0.6) is 0 Å². The van der Waals surface area contributed by atoms with Gasteiger partial charge in [0.15, 0.2) is 0 Å². The van der Waals surface area contributed by atoms with Crippen LogP contribution < -0.4 is 0 Å². The highest BCUT2D eigenvalue weighted by molar-refractivity contribution is 8.13. The quantitative estimate of drug-likeness (QED) is 0.379. The van der Waals surface area contributed by atoms with Gasteiger partial charge in [-0.25, -0.2) is 4.28 Å². The van der Waals surface area contributed by atoms with Gasteiger partial charge in [-0.1, -0.05) is 65.8 Å². The van der Waals surface area contributed by atoms with E-state index in [2.05, 4.69) is 9.44 Å². The van der Waals surface area contributed by atoms with Crippen LogP contribution in [0.1, 0.15) is 11.1 Å². The zero-order valence-electron chi connectivity index (χ0n) is 11.6. The van der Waals surface area contributed by atoms with Gasteiger partial charge in [-0.2, -0.15) is 8.42 Å². The third-order valence-electron chi connectivity index (χ3n) is 2.68. The maximum absolute atomic E-state index is 10.7. The van der Waals surface area contributed by atoms with Crippen molar-refractivity contribution in [1.29, 1.82) is 0 Å². The van der Waals surface area contributed by atoms with Crippen LogP contribution in [0.2, 0.25) is 0 Å². The predicted octanol–water partition coefficient (Wildman–Crippen LogP) is 3.30. The molecule has 22 heavy (non-hydrogen) atoms. The van der Waals surface area contributed by atoms with E-state index in [-0.39, 0.29) is 0 Å². The van der Waals surface area contributed by atoms with Crippen LogP contribution in [0.25, 0.3) is 0 Å². The average Bonchev–Trinajstić information content (AvgIpc) is 2.51. The van der Waals surface area contributed by atoms with E-state index in [1.807, 2.05) is 60.7 Å². The smallest absolute Gasteiger partial charge is 0.253 e. The Morgan fingerprint density at radius 3 is 2.09 bits per heavy atom. The molecule has 2 rings (SSSR count). The van der Waals surface area contributed by atoms with E-state index in [0.717, 1.165) is 11.1 Å². The van der Waals surface area contributed by atoms with Gasteiger partial charge in [-0.3, -0.25) is 4.55 Å². The fraction of sp³-hybridized carbons (Fsp3) is 0.133. The largest absolute Gasteiger partial charge is 0.466 e. The molecule has 5 nitrogen and oxygen atoms in total. The molecule has 0 spiro atoms. The molecule has 0 unspecified atom stereocenters. The van der Waals surface area contributed by atoms with Gasteiger partial charge in [0, 0.05) is 12.2 Å². The van der Waals surface area contributed by atoms with Gasteiger partial charge in [-0.15, -0.1) is 11.8 Å². The first-order valence-electron chi connectivity index (χ1n) is 6.46. The normalized spacial score (nSPS) is 12.1. The summed E-state index contributed by atoms with van der Waals surface area (Å²) in [5, 5.41) is 4.01. The van der Waals surface area contributed by atoms with Crippen LogP contribution in [0.3, 0.4) is 0 Å². The molecule has 0 heterocycles. The third kappa shape index (κ3) is 6.30. The molecule has 0 saturated heterocycles. The van der Waals surface area contributed by atoms with E-state index >= 15 is 0 Å².